The van der Waals surface area contributed by atoms with Crippen molar-refractivity contribution >= 4 is 17.7 Å². The summed E-state index contributed by atoms with van der Waals surface area (Å²) in [4.78, 5) is 38.2. The first kappa shape index (κ1) is 18.8. The van der Waals surface area contributed by atoms with Crippen molar-refractivity contribution in [3.05, 3.63) is 53.1 Å². The summed E-state index contributed by atoms with van der Waals surface area (Å²) < 4.78 is 15.8. The second kappa shape index (κ2) is 6.98. The van der Waals surface area contributed by atoms with Crippen molar-refractivity contribution < 1.29 is 18.8 Å². The number of amides is 3. The lowest BCUT2D eigenvalue weighted by molar-refractivity contribution is -0.128. The van der Waals surface area contributed by atoms with Gasteiger partial charge in [0.05, 0.1) is 12.2 Å². The molecule has 1 aliphatic heterocycles. The number of hydrogen-bond acceptors (Lipinski definition) is 3. The van der Waals surface area contributed by atoms with E-state index in [1.807, 2.05) is 13.8 Å². The Morgan fingerprint density at radius 3 is 2.48 bits per heavy atom. The molecule has 3 rings (SSSR count). The van der Waals surface area contributed by atoms with Gasteiger partial charge in [0.15, 0.2) is 5.78 Å². The lowest BCUT2D eigenvalue weighted by Crippen LogP contribution is -2.37. The number of benzene rings is 1. The number of aromatic nitrogens is 1. The smallest absolute Gasteiger partial charge is 0.325 e. The van der Waals surface area contributed by atoms with Gasteiger partial charge in [-0.1, -0.05) is 26.0 Å². The molecule has 2 heterocycles. The first-order valence-electron chi connectivity index (χ1n) is 8.81. The first-order valence-corrected chi connectivity index (χ1v) is 8.81. The number of carbonyl (C=O) groups excluding carboxylic acids is 3. The molecule has 0 aliphatic carbocycles. The largest absolute Gasteiger partial charge is 0.326 e. The molecule has 0 bridgehead atoms. The van der Waals surface area contributed by atoms with Crippen LogP contribution in [0.5, 0.6) is 0 Å². The van der Waals surface area contributed by atoms with Crippen LogP contribution in [0, 0.1) is 25.6 Å². The SMILES string of the molecule is Cc1cc(C(=O)CN2C(=O)NC(C(C)C)C2=O)c(C)n1-c1ccccc1F. The van der Waals surface area contributed by atoms with Crippen LogP contribution in [0.25, 0.3) is 5.69 Å². The number of ketones is 1. The number of urea groups is 1. The van der Waals surface area contributed by atoms with Gasteiger partial charge in [0.25, 0.3) is 5.91 Å². The maximum atomic E-state index is 14.2. The van der Waals surface area contributed by atoms with Crippen LogP contribution >= 0.6 is 0 Å². The molecule has 0 saturated carbocycles. The van der Waals surface area contributed by atoms with Gasteiger partial charge in [-0.2, -0.15) is 0 Å². The summed E-state index contributed by atoms with van der Waals surface area (Å²) in [6.07, 6.45) is 0. The molecule has 27 heavy (non-hydrogen) atoms. The summed E-state index contributed by atoms with van der Waals surface area (Å²) in [5.74, 6) is -1.22. The van der Waals surface area contributed by atoms with Gasteiger partial charge in [-0.25, -0.2) is 9.18 Å². The van der Waals surface area contributed by atoms with Crippen LogP contribution in [0.1, 0.15) is 35.6 Å². The van der Waals surface area contributed by atoms with Crippen molar-refractivity contribution in [2.45, 2.75) is 33.7 Å². The Balaban J connectivity index is 1.89. The number of imide groups is 1. The fourth-order valence-corrected chi connectivity index (χ4v) is 3.42. The van der Waals surface area contributed by atoms with Crippen molar-refractivity contribution in [3.8, 4) is 5.69 Å². The van der Waals surface area contributed by atoms with Crippen molar-refractivity contribution in [3.63, 3.8) is 0 Å². The second-order valence-corrected chi connectivity index (χ2v) is 7.09. The quantitative estimate of drug-likeness (QED) is 0.649. The van der Waals surface area contributed by atoms with Crippen LogP contribution < -0.4 is 5.32 Å². The van der Waals surface area contributed by atoms with E-state index in [0.717, 1.165) is 4.90 Å². The minimum absolute atomic E-state index is 0.0623. The average Bonchev–Trinajstić information content (AvgIpc) is 3.06. The zero-order chi connectivity index (χ0) is 19.9. The van der Waals surface area contributed by atoms with Crippen LogP contribution in [0.2, 0.25) is 0 Å². The number of nitrogens with zero attached hydrogens (tertiary/aromatic N) is 2. The van der Waals surface area contributed by atoms with Crippen LogP contribution in [0.15, 0.2) is 30.3 Å². The third-order valence-corrected chi connectivity index (χ3v) is 4.85. The summed E-state index contributed by atoms with van der Waals surface area (Å²) in [6.45, 7) is 6.82. The maximum absolute atomic E-state index is 14.2. The van der Waals surface area contributed by atoms with Crippen LogP contribution in [0.3, 0.4) is 0 Å². The van der Waals surface area contributed by atoms with Crippen molar-refractivity contribution in [2.75, 3.05) is 6.54 Å². The Labute approximate surface area is 157 Å². The highest BCUT2D eigenvalue weighted by atomic mass is 19.1. The van der Waals surface area contributed by atoms with Gasteiger partial charge in [-0.3, -0.25) is 14.5 Å². The molecule has 1 N–H and O–H groups in total. The topological polar surface area (TPSA) is 71.4 Å². The molecule has 1 aromatic heterocycles. The molecular formula is C20H22FN3O3. The Bertz CT molecular complexity index is 933. The normalized spacial score (nSPS) is 17.0. The molecule has 1 saturated heterocycles. The molecule has 3 amide bonds. The van der Waals surface area contributed by atoms with Gasteiger partial charge in [-0.15, -0.1) is 0 Å². The molecule has 1 atom stereocenters. The third kappa shape index (κ3) is 3.25. The van der Waals surface area contributed by atoms with Gasteiger partial charge in [0.2, 0.25) is 0 Å². The van der Waals surface area contributed by atoms with Gasteiger partial charge >= 0.3 is 6.03 Å². The molecule has 6 nitrogen and oxygen atoms in total. The van der Waals surface area contributed by atoms with Crippen molar-refractivity contribution in [2.24, 2.45) is 5.92 Å². The number of para-hydroxylation sites is 1. The van der Waals surface area contributed by atoms with E-state index in [-0.39, 0.29) is 18.2 Å². The Hall–Kier alpha value is -2.96. The van der Waals surface area contributed by atoms with Gasteiger partial charge in [0.1, 0.15) is 11.9 Å². The molecule has 1 unspecified atom stereocenters. The standard InChI is InChI=1S/C20H22FN3O3/c1-11(2)18-19(26)23(20(27)22-18)10-17(25)14-9-12(3)24(13(14)4)16-8-6-5-7-15(16)21/h5-9,11,18H,10H2,1-4H3,(H,22,27). The van der Waals surface area contributed by atoms with Crippen LogP contribution in [-0.2, 0) is 4.79 Å². The molecule has 0 spiro atoms. The Morgan fingerprint density at radius 2 is 1.89 bits per heavy atom. The van der Waals surface area contributed by atoms with Crippen LogP contribution in [-0.4, -0.2) is 39.8 Å². The number of Topliss-reactive ketones (excluding diaryl/α,β-unsaturated/α-hetero) is 1. The average molecular weight is 371 g/mol. The molecular weight excluding hydrogens is 349 g/mol. The highest BCUT2D eigenvalue weighted by Gasteiger charge is 2.40. The van der Waals surface area contributed by atoms with E-state index in [9.17, 15) is 18.8 Å². The number of rotatable bonds is 5. The van der Waals surface area contributed by atoms with E-state index >= 15 is 0 Å². The fraction of sp³-hybridized carbons (Fsp3) is 0.350. The summed E-state index contributed by atoms with van der Waals surface area (Å²) in [7, 11) is 0. The fourth-order valence-electron chi connectivity index (χ4n) is 3.42. The molecule has 142 valence electrons. The number of hydrogen-bond donors (Lipinski definition) is 1. The van der Waals surface area contributed by atoms with E-state index < -0.39 is 23.8 Å². The molecule has 1 fully saturated rings. The Morgan fingerprint density at radius 1 is 1.22 bits per heavy atom. The first-order chi connectivity index (χ1) is 12.7. The second-order valence-electron chi connectivity index (χ2n) is 7.09. The zero-order valence-electron chi connectivity index (χ0n) is 15.7. The molecule has 1 aliphatic rings. The highest BCUT2D eigenvalue weighted by Crippen LogP contribution is 2.24. The molecule has 1 aromatic carbocycles. The summed E-state index contributed by atoms with van der Waals surface area (Å²) in [6, 6.07) is 6.79. The Kier molecular flexibility index (Phi) is 4.87. The summed E-state index contributed by atoms with van der Waals surface area (Å²) in [5, 5.41) is 2.60. The lowest BCUT2D eigenvalue weighted by atomic mass is 10.0. The molecule has 7 heteroatoms. The zero-order valence-corrected chi connectivity index (χ0v) is 15.7. The summed E-state index contributed by atoms with van der Waals surface area (Å²) >= 11 is 0. The molecule has 0 radical (unpaired) electrons. The van der Waals surface area contributed by atoms with E-state index in [2.05, 4.69) is 5.32 Å². The minimum Gasteiger partial charge on any atom is -0.326 e. The van der Waals surface area contributed by atoms with Gasteiger partial charge < -0.3 is 9.88 Å². The highest BCUT2D eigenvalue weighted by molar-refractivity contribution is 6.09. The number of nitrogens with one attached hydrogen (secondary N) is 1. The predicted molar refractivity (Wildman–Crippen MR) is 98.4 cm³/mol. The van der Waals surface area contributed by atoms with E-state index in [1.165, 1.54) is 6.07 Å². The van der Waals surface area contributed by atoms with Crippen LogP contribution in [0.4, 0.5) is 9.18 Å². The monoisotopic (exact) mass is 371 g/mol. The van der Waals surface area contributed by atoms with Gasteiger partial charge in [-0.05, 0) is 38.0 Å². The molecule has 2 aromatic rings. The van der Waals surface area contributed by atoms with Crippen molar-refractivity contribution in [1.29, 1.82) is 0 Å². The van der Waals surface area contributed by atoms with Gasteiger partial charge in [0, 0.05) is 17.0 Å². The van der Waals surface area contributed by atoms with E-state index in [4.69, 9.17) is 0 Å². The van der Waals surface area contributed by atoms with E-state index in [0.29, 0.717) is 22.6 Å². The predicted octanol–water partition coefficient (Wildman–Crippen LogP) is 2.99. The summed E-state index contributed by atoms with van der Waals surface area (Å²) in [5.41, 5.74) is 1.97. The third-order valence-electron chi connectivity index (χ3n) is 4.85. The van der Waals surface area contributed by atoms with Crippen molar-refractivity contribution in [1.82, 2.24) is 14.8 Å². The lowest BCUT2D eigenvalue weighted by Gasteiger charge is -2.14. The minimum atomic E-state index is -0.615. The number of carbonyl (C=O) groups is 3. The maximum Gasteiger partial charge on any atom is 0.325 e. The van der Waals surface area contributed by atoms with E-state index in [1.54, 1.807) is 42.7 Å². The number of halogens is 1. The number of aryl methyl sites for hydroxylation is 1.